The number of anilines is 1. The lowest BCUT2D eigenvalue weighted by molar-refractivity contribution is -0.139. The van der Waals surface area contributed by atoms with Crippen molar-refractivity contribution < 1.29 is 17.6 Å². The van der Waals surface area contributed by atoms with Gasteiger partial charge in [-0.2, -0.15) is 13.2 Å². The number of hydrogen-bond donors (Lipinski definition) is 2. The Hall–Kier alpha value is -3.22. The predicted octanol–water partition coefficient (Wildman–Crippen LogP) is 5.78. The van der Waals surface area contributed by atoms with Crippen LogP contribution >= 0.6 is 11.3 Å². The van der Waals surface area contributed by atoms with Gasteiger partial charge in [0.15, 0.2) is 5.84 Å². The number of piperidine rings is 1. The van der Waals surface area contributed by atoms with Crippen LogP contribution in [-0.2, 0) is 13.1 Å². The fraction of sp³-hybridized carbons (Fsp3) is 0.484. The number of nitrogens with zero attached hydrogens (tertiary/aromatic N) is 5. The molecule has 0 amide bonds. The molecular formula is C31H37F4N7S. The number of benzene rings is 1. The number of aliphatic imine (C=N–C) groups is 2. The molecular weight excluding hydrogens is 578 g/mol. The van der Waals surface area contributed by atoms with Gasteiger partial charge in [-0.15, -0.1) is 11.3 Å². The largest absolute Gasteiger partial charge is 0.406 e. The Labute approximate surface area is 253 Å². The summed E-state index contributed by atoms with van der Waals surface area (Å²) in [5, 5.41) is 9.28. The fourth-order valence-electron chi connectivity index (χ4n) is 6.08. The van der Waals surface area contributed by atoms with Gasteiger partial charge < -0.3 is 20.1 Å². The number of likely N-dealkylation sites (tertiary alicyclic amines) is 2. The van der Waals surface area contributed by atoms with Gasteiger partial charge >= 0.3 is 6.18 Å². The van der Waals surface area contributed by atoms with Crippen LogP contribution in [0.1, 0.15) is 35.4 Å². The first-order chi connectivity index (χ1) is 20.6. The Morgan fingerprint density at radius 1 is 1.16 bits per heavy atom. The summed E-state index contributed by atoms with van der Waals surface area (Å²) in [5.74, 6) is 0.264. The highest BCUT2D eigenvalue weighted by Crippen LogP contribution is 2.33. The summed E-state index contributed by atoms with van der Waals surface area (Å²) >= 11 is 1.72. The molecule has 12 heteroatoms. The van der Waals surface area contributed by atoms with Crippen LogP contribution in [0.3, 0.4) is 0 Å². The summed E-state index contributed by atoms with van der Waals surface area (Å²) < 4.78 is 57.3. The normalized spacial score (nSPS) is 21.8. The van der Waals surface area contributed by atoms with Crippen LogP contribution in [0, 0.1) is 0 Å². The first-order valence-corrected chi connectivity index (χ1v) is 15.6. The number of aromatic nitrogens is 1. The van der Waals surface area contributed by atoms with Gasteiger partial charge in [-0.3, -0.25) is 9.89 Å². The zero-order valence-corrected chi connectivity index (χ0v) is 25.1. The van der Waals surface area contributed by atoms with Crippen molar-refractivity contribution in [3.63, 3.8) is 0 Å². The van der Waals surface area contributed by atoms with Crippen LogP contribution in [-0.4, -0.2) is 90.6 Å². The van der Waals surface area contributed by atoms with E-state index in [1.807, 2.05) is 11.9 Å². The molecule has 0 spiro atoms. The lowest BCUT2D eigenvalue weighted by Crippen LogP contribution is -2.46. The van der Waals surface area contributed by atoms with Gasteiger partial charge in [-0.05, 0) is 63.7 Å². The predicted molar refractivity (Wildman–Crippen MR) is 167 cm³/mol. The van der Waals surface area contributed by atoms with Crippen molar-refractivity contribution in [3.05, 3.63) is 58.4 Å². The van der Waals surface area contributed by atoms with Gasteiger partial charge in [0, 0.05) is 52.2 Å². The number of thiophene rings is 1. The van der Waals surface area contributed by atoms with E-state index in [2.05, 4.69) is 43.5 Å². The van der Waals surface area contributed by atoms with E-state index in [1.165, 1.54) is 22.3 Å². The summed E-state index contributed by atoms with van der Waals surface area (Å²) in [4.78, 5) is 14.8. The van der Waals surface area contributed by atoms with Crippen LogP contribution in [0.25, 0.3) is 16.6 Å². The lowest BCUT2D eigenvalue weighted by Gasteiger charge is -2.33. The van der Waals surface area contributed by atoms with Crippen molar-refractivity contribution in [2.45, 2.75) is 50.7 Å². The molecule has 1 aromatic carbocycles. The van der Waals surface area contributed by atoms with Gasteiger partial charge in [0.1, 0.15) is 12.7 Å². The maximum Gasteiger partial charge on any atom is 0.406 e. The monoisotopic (exact) mass is 615 g/mol. The van der Waals surface area contributed by atoms with Crippen molar-refractivity contribution in [1.29, 1.82) is 0 Å². The smallest absolute Gasteiger partial charge is 0.380 e. The Balaban J connectivity index is 1.18. The molecule has 0 radical (unpaired) electrons. The van der Waals surface area contributed by atoms with Crippen LogP contribution < -0.4 is 10.6 Å². The summed E-state index contributed by atoms with van der Waals surface area (Å²) in [6, 6.07) is 8.58. The summed E-state index contributed by atoms with van der Waals surface area (Å²) in [7, 11) is 1.88. The average molecular weight is 616 g/mol. The number of alkyl halides is 4. The van der Waals surface area contributed by atoms with Gasteiger partial charge in [0.05, 0.1) is 36.1 Å². The SMILES string of the molecule is C=C(NCC1=NC(c2cc3c(NC4CCN(C)CC4F)cccc3n2CC(F)(F)F)=NC1)c1csc(CN2CCCC2)c1. The molecule has 7 nitrogen and oxygen atoms in total. The summed E-state index contributed by atoms with van der Waals surface area (Å²) in [6.45, 7) is 7.99. The second kappa shape index (κ2) is 12.4. The van der Waals surface area contributed by atoms with Crippen molar-refractivity contribution >= 4 is 45.2 Å². The molecule has 2 aromatic heterocycles. The number of halogens is 4. The molecule has 230 valence electrons. The molecule has 0 aliphatic carbocycles. The molecule has 43 heavy (non-hydrogen) atoms. The number of rotatable bonds is 10. The van der Waals surface area contributed by atoms with E-state index in [4.69, 9.17) is 0 Å². The average Bonchev–Trinajstić information content (AvgIpc) is 3.77. The zero-order chi connectivity index (χ0) is 30.1. The van der Waals surface area contributed by atoms with Gasteiger partial charge in [0.2, 0.25) is 0 Å². The maximum absolute atomic E-state index is 14.8. The van der Waals surface area contributed by atoms with Gasteiger partial charge in [-0.1, -0.05) is 12.6 Å². The van der Waals surface area contributed by atoms with Gasteiger partial charge in [0.25, 0.3) is 0 Å². The van der Waals surface area contributed by atoms with E-state index < -0.39 is 24.9 Å². The molecule has 2 fully saturated rings. The molecule has 3 aliphatic heterocycles. The number of fused-ring (bicyclic) bond motifs is 1. The molecule has 2 N–H and O–H groups in total. The Morgan fingerprint density at radius 3 is 2.74 bits per heavy atom. The minimum Gasteiger partial charge on any atom is -0.380 e. The van der Waals surface area contributed by atoms with Gasteiger partial charge in [-0.25, -0.2) is 9.38 Å². The first-order valence-electron chi connectivity index (χ1n) is 14.8. The van der Waals surface area contributed by atoms with Crippen LogP contribution in [0.15, 0.2) is 52.3 Å². The fourth-order valence-corrected chi connectivity index (χ4v) is 7.02. The molecule has 6 rings (SSSR count). The lowest BCUT2D eigenvalue weighted by atomic mass is 10.0. The Kier molecular flexibility index (Phi) is 8.61. The van der Waals surface area contributed by atoms with Crippen molar-refractivity contribution in [2.24, 2.45) is 9.98 Å². The minimum atomic E-state index is -4.44. The summed E-state index contributed by atoms with van der Waals surface area (Å²) in [5.41, 5.74) is 3.84. The standard InChI is InChI=1S/C31H37F4N7S/c1-20(21-12-23(43-18-21)16-41-9-3-4-10-41)36-14-22-15-37-30(38-22)29-13-24-26(39-27-8-11-40(2)17-25(27)32)6-5-7-28(24)42(29)19-31(33,34)35/h5-7,12-13,18,25,27,36,39H,1,3-4,8-11,14-17,19H2,2H3. The molecule has 0 bridgehead atoms. The van der Waals surface area contributed by atoms with Crippen LogP contribution in [0.2, 0.25) is 0 Å². The molecule has 3 aliphatic rings. The highest BCUT2D eigenvalue weighted by atomic mass is 32.1. The molecule has 0 saturated carbocycles. The van der Waals surface area contributed by atoms with E-state index in [0.29, 0.717) is 41.8 Å². The number of hydrogen-bond acceptors (Lipinski definition) is 7. The second-order valence-electron chi connectivity index (χ2n) is 11.7. The third-order valence-corrected chi connectivity index (χ3v) is 9.28. The highest BCUT2D eigenvalue weighted by Gasteiger charge is 2.32. The third kappa shape index (κ3) is 6.97. The van der Waals surface area contributed by atoms with E-state index in [0.717, 1.165) is 43.2 Å². The first kappa shape index (κ1) is 29.8. The second-order valence-corrected chi connectivity index (χ2v) is 12.7. The minimum absolute atomic E-state index is 0.264. The highest BCUT2D eigenvalue weighted by molar-refractivity contribution is 7.10. The number of amidine groups is 1. The Bertz CT molecular complexity index is 1530. The number of nitrogens with one attached hydrogen (secondary N) is 2. The van der Waals surface area contributed by atoms with Crippen molar-refractivity contribution in [3.8, 4) is 0 Å². The molecule has 2 atom stereocenters. The molecule has 2 saturated heterocycles. The van der Waals surface area contributed by atoms with E-state index in [1.54, 1.807) is 35.6 Å². The third-order valence-electron chi connectivity index (χ3n) is 8.36. The quantitative estimate of drug-likeness (QED) is 0.284. The Morgan fingerprint density at radius 2 is 1.98 bits per heavy atom. The van der Waals surface area contributed by atoms with E-state index >= 15 is 0 Å². The van der Waals surface area contributed by atoms with Crippen molar-refractivity contribution in [2.75, 3.05) is 51.6 Å². The molecule has 5 heterocycles. The maximum atomic E-state index is 14.8. The topological polar surface area (TPSA) is 60.2 Å². The molecule has 3 aromatic rings. The van der Waals surface area contributed by atoms with E-state index in [-0.39, 0.29) is 12.4 Å². The van der Waals surface area contributed by atoms with Crippen LogP contribution in [0.4, 0.5) is 23.2 Å². The van der Waals surface area contributed by atoms with Crippen molar-refractivity contribution in [1.82, 2.24) is 19.7 Å². The van der Waals surface area contributed by atoms with E-state index in [9.17, 15) is 17.6 Å². The molecule has 2 unspecified atom stereocenters. The zero-order valence-electron chi connectivity index (χ0n) is 24.3. The summed E-state index contributed by atoms with van der Waals surface area (Å²) in [6.07, 6.45) is -2.41. The van der Waals surface area contributed by atoms with Crippen LogP contribution in [0.5, 0.6) is 0 Å².